The molecular formula is C13H11NO5. The number of nitrogens with one attached hydrogen (secondary N) is 1. The maximum Gasteiger partial charge on any atom is 0.380 e. The number of rotatable bonds is 4. The first-order valence-corrected chi connectivity index (χ1v) is 5.48. The number of aromatic amines is 1. The minimum atomic E-state index is -1.09. The van der Waals surface area contributed by atoms with Gasteiger partial charge < -0.3 is 14.5 Å². The topological polar surface area (TPSA) is 85.5 Å². The maximum absolute atomic E-state index is 11.9. The van der Waals surface area contributed by atoms with Gasteiger partial charge in [-0.25, -0.2) is 9.59 Å². The number of esters is 2. The molecule has 0 unspecified atom stereocenters. The fourth-order valence-corrected chi connectivity index (χ4v) is 1.62. The second kappa shape index (κ2) is 5.34. The van der Waals surface area contributed by atoms with Crippen molar-refractivity contribution in [3.05, 3.63) is 36.0 Å². The van der Waals surface area contributed by atoms with Crippen LogP contribution in [0.1, 0.15) is 10.4 Å². The first-order chi connectivity index (χ1) is 9.13. The Morgan fingerprint density at radius 3 is 2.68 bits per heavy atom. The normalized spacial score (nSPS) is 10.2. The van der Waals surface area contributed by atoms with Crippen molar-refractivity contribution >= 4 is 28.6 Å². The molecule has 0 aliphatic carbocycles. The summed E-state index contributed by atoms with van der Waals surface area (Å²) in [5.41, 5.74) is 0.956. The zero-order valence-electron chi connectivity index (χ0n) is 10.1. The third kappa shape index (κ3) is 2.62. The highest BCUT2D eigenvalue weighted by molar-refractivity contribution is 6.43. The number of para-hydroxylation sites is 1. The Labute approximate surface area is 108 Å². The van der Waals surface area contributed by atoms with E-state index < -0.39 is 24.3 Å². The van der Waals surface area contributed by atoms with E-state index in [-0.39, 0.29) is 5.56 Å². The number of carbonyl (C=O) groups is 3. The SMILES string of the molecule is COC(=O)COC(=O)C(=O)c1c[nH]c2ccccc12. The molecule has 1 aromatic carbocycles. The molecule has 2 rings (SSSR count). The highest BCUT2D eigenvalue weighted by Gasteiger charge is 2.22. The van der Waals surface area contributed by atoms with Crippen molar-refractivity contribution in [1.29, 1.82) is 0 Å². The van der Waals surface area contributed by atoms with Crippen molar-refractivity contribution < 1.29 is 23.9 Å². The lowest BCUT2D eigenvalue weighted by Gasteiger charge is -2.01. The molecule has 0 fully saturated rings. The third-order valence-electron chi connectivity index (χ3n) is 2.57. The number of ether oxygens (including phenoxy) is 2. The van der Waals surface area contributed by atoms with Crippen LogP contribution in [0, 0.1) is 0 Å². The number of carbonyl (C=O) groups excluding carboxylic acids is 3. The molecule has 0 aliphatic rings. The molecular weight excluding hydrogens is 250 g/mol. The number of Topliss-reactive ketones (excluding diaryl/α,β-unsaturated/α-hetero) is 1. The second-order valence-electron chi connectivity index (χ2n) is 3.73. The average molecular weight is 261 g/mol. The summed E-state index contributed by atoms with van der Waals surface area (Å²) in [4.78, 5) is 37.1. The number of fused-ring (bicyclic) bond motifs is 1. The van der Waals surface area contributed by atoms with Gasteiger partial charge in [0, 0.05) is 17.1 Å². The Hall–Kier alpha value is -2.63. The molecule has 6 nitrogen and oxygen atoms in total. The first-order valence-electron chi connectivity index (χ1n) is 5.48. The largest absolute Gasteiger partial charge is 0.466 e. The lowest BCUT2D eigenvalue weighted by molar-refractivity contribution is -0.154. The van der Waals surface area contributed by atoms with Gasteiger partial charge >= 0.3 is 11.9 Å². The van der Waals surface area contributed by atoms with Crippen molar-refractivity contribution in [1.82, 2.24) is 4.98 Å². The van der Waals surface area contributed by atoms with Crippen molar-refractivity contribution in [3.8, 4) is 0 Å². The summed E-state index contributed by atoms with van der Waals surface area (Å²) in [7, 11) is 1.16. The Bertz CT molecular complexity index is 643. The summed E-state index contributed by atoms with van der Waals surface area (Å²) in [5, 5.41) is 0.627. The quantitative estimate of drug-likeness (QED) is 0.505. The van der Waals surface area contributed by atoms with Crippen LogP contribution in [0.25, 0.3) is 10.9 Å². The van der Waals surface area contributed by atoms with E-state index in [0.29, 0.717) is 5.39 Å². The van der Waals surface area contributed by atoms with Gasteiger partial charge in [0.2, 0.25) is 0 Å². The van der Waals surface area contributed by atoms with Crippen LogP contribution in [0.3, 0.4) is 0 Å². The Morgan fingerprint density at radius 2 is 1.95 bits per heavy atom. The summed E-state index contributed by atoms with van der Waals surface area (Å²) >= 11 is 0. The van der Waals surface area contributed by atoms with Crippen LogP contribution in [-0.4, -0.2) is 36.4 Å². The molecule has 2 aromatic rings. The molecule has 0 aliphatic heterocycles. The first kappa shape index (κ1) is 12.8. The van der Waals surface area contributed by atoms with Crippen LogP contribution in [0.15, 0.2) is 30.5 Å². The predicted octanol–water partition coefficient (Wildman–Crippen LogP) is 1.07. The zero-order valence-corrected chi connectivity index (χ0v) is 10.1. The van der Waals surface area contributed by atoms with Gasteiger partial charge in [0.1, 0.15) is 0 Å². The highest BCUT2D eigenvalue weighted by atomic mass is 16.6. The summed E-state index contributed by atoms with van der Waals surface area (Å²) in [6, 6.07) is 7.06. The minimum Gasteiger partial charge on any atom is -0.466 e. The maximum atomic E-state index is 11.9. The molecule has 6 heteroatoms. The van der Waals surface area contributed by atoms with Gasteiger partial charge in [-0.2, -0.15) is 0 Å². The fraction of sp³-hybridized carbons (Fsp3) is 0.154. The molecule has 1 N–H and O–H groups in total. The van der Waals surface area contributed by atoms with Crippen LogP contribution < -0.4 is 0 Å². The van der Waals surface area contributed by atoms with Crippen molar-refractivity contribution in [3.63, 3.8) is 0 Å². The van der Waals surface area contributed by atoms with E-state index in [0.717, 1.165) is 12.6 Å². The summed E-state index contributed by atoms with van der Waals surface area (Å²) in [6.07, 6.45) is 1.44. The van der Waals surface area contributed by atoms with Gasteiger partial charge in [0.25, 0.3) is 5.78 Å². The van der Waals surface area contributed by atoms with E-state index in [9.17, 15) is 14.4 Å². The van der Waals surface area contributed by atoms with Gasteiger partial charge in [-0.15, -0.1) is 0 Å². The zero-order chi connectivity index (χ0) is 13.8. The molecule has 1 heterocycles. The average Bonchev–Trinajstić information content (AvgIpc) is 2.87. The number of ketones is 1. The number of methoxy groups -OCH3 is 1. The molecule has 0 amide bonds. The van der Waals surface area contributed by atoms with Gasteiger partial charge in [-0.1, -0.05) is 18.2 Å². The molecule has 0 radical (unpaired) electrons. The van der Waals surface area contributed by atoms with E-state index in [2.05, 4.69) is 14.5 Å². The van der Waals surface area contributed by atoms with E-state index >= 15 is 0 Å². The molecule has 0 spiro atoms. The van der Waals surface area contributed by atoms with E-state index in [4.69, 9.17) is 0 Å². The Kier molecular flexibility index (Phi) is 3.61. The van der Waals surface area contributed by atoms with Crippen molar-refractivity contribution in [2.24, 2.45) is 0 Å². The van der Waals surface area contributed by atoms with Gasteiger partial charge in [0.15, 0.2) is 6.61 Å². The van der Waals surface area contributed by atoms with Crippen LogP contribution in [0.5, 0.6) is 0 Å². The van der Waals surface area contributed by atoms with Crippen LogP contribution in [-0.2, 0) is 19.1 Å². The molecule has 0 bridgehead atoms. The standard InChI is InChI=1S/C13H11NO5/c1-18-11(15)7-19-13(17)12(16)9-6-14-10-5-3-2-4-8(9)10/h2-6,14H,7H2,1H3. The number of hydrogen-bond donors (Lipinski definition) is 1. The minimum absolute atomic E-state index is 0.213. The summed E-state index contributed by atoms with van der Waals surface area (Å²) in [5.74, 6) is -2.61. The Balaban J connectivity index is 2.15. The Morgan fingerprint density at radius 1 is 1.21 bits per heavy atom. The summed E-state index contributed by atoms with van der Waals surface area (Å²) < 4.78 is 8.86. The predicted molar refractivity (Wildman–Crippen MR) is 65.6 cm³/mol. The number of aromatic nitrogens is 1. The van der Waals surface area contributed by atoms with Gasteiger partial charge in [-0.3, -0.25) is 4.79 Å². The van der Waals surface area contributed by atoms with Crippen LogP contribution in [0.2, 0.25) is 0 Å². The van der Waals surface area contributed by atoms with Crippen molar-refractivity contribution in [2.75, 3.05) is 13.7 Å². The van der Waals surface area contributed by atoms with E-state index in [1.54, 1.807) is 18.2 Å². The van der Waals surface area contributed by atoms with Crippen LogP contribution in [0.4, 0.5) is 0 Å². The van der Waals surface area contributed by atoms with Gasteiger partial charge in [-0.05, 0) is 6.07 Å². The summed E-state index contributed by atoms with van der Waals surface area (Å²) in [6.45, 7) is -0.580. The number of hydrogen-bond acceptors (Lipinski definition) is 5. The van der Waals surface area contributed by atoms with E-state index in [1.165, 1.54) is 6.20 Å². The molecule has 0 atom stereocenters. The van der Waals surface area contributed by atoms with Crippen LogP contribution >= 0.6 is 0 Å². The molecule has 98 valence electrons. The number of benzene rings is 1. The lowest BCUT2D eigenvalue weighted by atomic mass is 10.1. The monoisotopic (exact) mass is 261 g/mol. The smallest absolute Gasteiger partial charge is 0.380 e. The molecule has 19 heavy (non-hydrogen) atoms. The number of H-pyrrole nitrogens is 1. The molecule has 0 saturated carbocycles. The lowest BCUT2D eigenvalue weighted by Crippen LogP contribution is -2.21. The highest BCUT2D eigenvalue weighted by Crippen LogP contribution is 2.18. The fourth-order valence-electron chi connectivity index (χ4n) is 1.62. The molecule has 0 saturated heterocycles. The van der Waals surface area contributed by atoms with E-state index in [1.807, 2.05) is 6.07 Å². The second-order valence-corrected chi connectivity index (χ2v) is 3.73. The molecule has 1 aromatic heterocycles. The third-order valence-corrected chi connectivity index (χ3v) is 2.57. The van der Waals surface area contributed by atoms with Crippen molar-refractivity contribution in [2.45, 2.75) is 0 Å². The van der Waals surface area contributed by atoms with Gasteiger partial charge in [0.05, 0.1) is 12.7 Å².